The first-order valence-corrected chi connectivity index (χ1v) is 7.44. The van der Waals surface area contributed by atoms with Crippen LogP contribution >= 0.6 is 23.2 Å². The molecule has 3 heteroatoms. The van der Waals surface area contributed by atoms with Crippen LogP contribution in [0.5, 0.6) is 0 Å². The second-order valence-electron chi connectivity index (χ2n) is 5.59. The number of benzene rings is 1. The molecule has 0 radical (unpaired) electrons. The van der Waals surface area contributed by atoms with E-state index in [1.165, 1.54) is 25.7 Å². The highest BCUT2D eigenvalue weighted by molar-refractivity contribution is 6.36. The average molecular weight is 286 g/mol. The minimum absolute atomic E-state index is 0.108. The Kier molecular flexibility index (Phi) is 4.58. The van der Waals surface area contributed by atoms with Gasteiger partial charge in [0.15, 0.2) is 0 Å². The molecule has 0 aliphatic heterocycles. The Morgan fingerprint density at radius 2 is 1.78 bits per heavy atom. The zero-order valence-electron chi connectivity index (χ0n) is 11.1. The lowest BCUT2D eigenvalue weighted by Crippen LogP contribution is -2.40. The van der Waals surface area contributed by atoms with Gasteiger partial charge in [0.2, 0.25) is 0 Å². The maximum atomic E-state index is 6.41. The summed E-state index contributed by atoms with van der Waals surface area (Å²) < 4.78 is 0. The fourth-order valence-corrected chi connectivity index (χ4v) is 3.97. The van der Waals surface area contributed by atoms with E-state index < -0.39 is 0 Å². The van der Waals surface area contributed by atoms with Crippen molar-refractivity contribution in [3.63, 3.8) is 0 Å². The van der Waals surface area contributed by atoms with Crippen LogP contribution in [0.1, 0.15) is 38.2 Å². The first-order chi connectivity index (χ1) is 8.59. The van der Waals surface area contributed by atoms with E-state index in [1.54, 1.807) is 0 Å². The smallest absolute Gasteiger partial charge is 0.0459 e. The lowest BCUT2D eigenvalue weighted by Gasteiger charge is -2.41. The summed E-state index contributed by atoms with van der Waals surface area (Å²) in [6, 6.07) is 5.84. The van der Waals surface area contributed by atoms with Crippen LogP contribution < -0.4 is 5.32 Å². The number of likely N-dealkylation sites (N-methyl/N-ethyl adjacent to an activating group) is 1. The molecule has 1 aromatic rings. The predicted octanol–water partition coefficient (Wildman–Crippen LogP) is 4.66. The van der Waals surface area contributed by atoms with E-state index >= 15 is 0 Å². The molecule has 0 bridgehead atoms. The molecule has 1 N–H and O–H groups in total. The van der Waals surface area contributed by atoms with Crippen LogP contribution in [0.3, 0.4) is 0 Å². The minimum Gasteiger partial charge on any atom is -0.319 e. The number of halogens is 2. The molecule has 1 aromatic carbocycles. The standard InChI is InChI=1S/C15H21Cl2N/c1-11-6-8-15(9-7-11,10-18-2)14-12(16)4-3-5-13(14)17/h3-5,11,18H,6-10H2,1-2H3. The highest BCUT2D eigenvalue weighted by Crippen LogP contribution is 2.46. The third-order valence-corrected chi connectivity index (χ3v) is 4.87. The Hall–Kier alpha value is -0.240. The van der Waals surface area contributed by atoms with Crippen molar-refractivity contribution in [3.05, 3.63) is 33.8 Å². The summed E-state index contributed by atoms with van der Waals surface area (Å²) in [5.41, 5.74) is 1.26. The maximum absolute atomic E-state index is 6.41. The van der Waals surface area contributed by atoms with Crippen LogP contribution in [0.25, 0.3) is 0 Å². The van der Waals surface area contributed by atoms with Crippen molar-refractivity contribution in [3.8, 4) is 0 Å². The minimum atomic E-state index is 0.108. The van der Waals surface area contributed by atoms with E-state index in [1.807, 2.05) is 25.2 Å². The van der Waals surface area contributed by atoms with Crippen LogP contribution in [0.4, 0.5) is 0 Å². The Bertz CT molecular complexity index is 389. The molecule has 1 saturated carbocycles. The molecular weight excluding hydrogens is 265 g/mol. The van der Waals surface area contributed by atoms with Gasteiger partial charge in [-0.25, -0.2) is 0 Å². The molecule has 100 valence electrons. The summed E-state index contributed by atoms with van der Waals surface area (Å²) in [6.07, 6.45) is 4.84. The SMILES string of the molecule is CNCC1(c2c(Cl)cccc2Cl)CCC(C)CC1. The molecule has 0 saturated heterocycles. The number of nitrogens with one attached hydrogen (secondary N) is 1. The van der Waals surface area contributed by atoms with Gasteiger partial charge in [-0.1, -0.05) is 36.2 Å². The van der Waals surface area contributed by atoms with Crippen LogP contribution in [0, 0.1) is 5.92 Å². The summed E-state index contributed by atoms with van der Waals surface area (Å²) >= 11 is 12.8. The molecule has 0 aromatic heterocycles. The normalized spacial score (nSPS) is 28.3. The third kappa shape index (κ3) is 2.68. The molecule has 2 rings (SSSR count). The van der Waals surface area contributed by atoms with Gasteiger partial charge in [0.05, 0.1) is 0 Å². The van der Waals surface area contributed by atoms with Crippen molar-refractivity contribution >= 4 is 23.2 Å². The van der Waals surface area contributed by atoms with Crippen molar-refractivity contribution < 1.29 is 0 Å². The molecule has 1 nitrogen and oxygen atoms in total. The molecule has 1 aliphatic carbocycles. The van der Waals surface area contributed by atoms with E-state index in [4.69, 9.17) is 23.2 Å². The van der Waals surface area contributed by atoms with Gasteiger partial charge in [-0.05, 0) is 56.3 Å². The molecular formula is C15H21Cl2N. The van der Waals surface area contributed by atoms with Crippen LogP contribution in [-0.4, -0.2) is 13.6 Å². The van der Waals surface area contributed by atoms with Gasteiger partial charge in [0, 0.05) is 22.0 Å². The topological polar surface area (TPSA) is 12.0 Å². The summed E-state index contributed by atoms with van der Waals surface area (Å²) in [6.45, 7) is 3.28. The van der Waals surface area contributed by atoms with Crippen LogP contribution in [-0.2, 0) is 5.41 Å². The van der Waals surface area contributed by atoms with Gasteiger partial charge in [-0.2, -0.15) is 0 Å². The first-order valence-electron chi connectivity index (χ1n) is 6.68. The Balaban J connectivity index is 2.41. The van der Waals surface area contributed by atoms with Crippen LogP contribution in [0.2, 0.25) is 10.0 Å². The number of hydrogen-bond acceptors (Lipinski definition) is 1. The Labute approximate surface area is 120 Å². The van der Waals surface area contributed by atoms with Crippen molar-refractivity contribution in [1.29, 1.82) is 0 Å². The van der Waals surface area contributed by atoms with Gasteiger partial charge >= 0.3 is 0 Å². The van der Waals surface area contributed by atoms with Crippen molar-refractivity contribution in [2.75, 3.05) is 13.6 Å². The second kappa shape index (κ2) is 5.81. The molecule has 0 amide bonds. The molecule has 0 spiro atoms. The summed E-state index contributed by atoms with van der Waals surface area (Å²) in [5, 5.41) is 4.95. The van der Waals surface area contributed by atoms with Crippen LogP contribution in [0.15, 0.2) is 18.2 Å². The zero-order valence-corrected chi connectivity index (χ0v) is 12.6. The lowest BCUT2D eigenvalue weighted by atomic mass is 9.67. The first kappa shape index (κ1) is 14.2. The fraction of sp³-hybridized carbons (Fsp3) is 0.600. The van der Waals surface area contributed by atoms with E-state index in [-0.39, 0.29) is 5.41 Å². The monoisotopic (exact) mass is 285 g/mol. The molecule has 0 atom stereocenters. The predicted molar refractivity (Wildman–Crippen MR) is 79.7 cm³/mol. The van der Waals surface area contributed by atoms with E-state index in [0.717, 1.165) is 28.1 Å². The Morgan fingerprint density at radius 3 is 2.28 bits per heavy atom. The fourth-order valence-electron chi connectivity index (χ4n) is 3.17. The number of rotatable bonds is 3. The molecule has 1 fully saturated rings. The summed E-state index contributed by atoms with van der Waals surface area (Å²) in [7, 11) is 2.00. The molecule has 0 heterocycles. The van der Waals surface area contributed by atoms with Gasteiger partial charge in [-0.15, -0.1) is 0 Å². The highest BCUT2D eigenvalue weighted by atomic mass is 35.5. The second-order valence-corrected chi connectivity index (χ2v) is 6.40. The summed E-state index contributed by atoms with van der Waals surface area (Å²) in [5.74, 6) is 0.816. The quantitative estimate of drug-likeness (QED) is 0.852. The lowest BCUT2D eigenvalue weighted by molar-refractivity contribution is 0.237. The zero-order chi connectivity index (χ0) is 13.2. The van der Waals surface area contributed by atoms with Gasteiger partial charge in [-0.3, -0.25) is 0 Å². The van der Waals surface area contributed by atoms with Gasteiger partial charge in [0.1, 0.15) is 0 Å². The van der Waals surface area contributed by atoms with E-state index in [0.29, 0.717) is 0 Å². The Morgan fingerprint density at radius 1 is 1.22 bits per heavy atom. The molecule has 18 heavy (non-hydrogen) atoms. The maximum Gasteiger partial charge on any atom is 0.0459 e. The third-order valence-electron chi connectivity index (χ3n) is 4.24. The highest BCUT2D eigenvalue weighted by Gasteiger charge is 2.38. The van der Waals surface area contributed by atoms with Crippen molar-refractivity contribution in [2.45, 2.75) is 38.0 Å². The summed E-state index contributed by atoms with van der Waals surface area (Å²) in [4.78, 5) is 0. The van der Waals surface area contributed by atoms with Crippen molar-refractivity contribution in [1.82, 2.24) is 5.32 Å². The van der Waals surface area contributed by atoms with Crippen molar-refractivity contribution in [2.24, 2.45) is 5.92 Å². The van der Waals surface area contributed by atoms with Gasteiger partial charge in [0.25, 0.3) is 0 Å². The largest absolute Gasteiger partial charge is 0.319 e. The van der Waals surface area contributed by atoms with E-state index in [9.17, 15) is 0 Å². The van der Waals surface area contributed by atoms with Gasteiger partial charge < -0.3 is 5.32 Å². The average Bonchev–Trinajstić information content (AvgIpc) is 2.33. The molecule has 0 unspecified atom stereocenters. The number of hydrogen-bond donors (Lipinski definition) is 1. The molecule has 1 aliphatic rings. The van der Waals surface area contributed by atoms with E-state index in [2.05, 4.69) is 12.2 Å².